The maximum absolute atomic E-state index is 12.6. The van der Waals surface area contributed by atoms with Crippen molar-refractivity contribution in [1.29, 1.82) is 0 Å². The predicted octanol–water partition coefficient (Wildman–Crippen LogP) is 3.70. The maximum atomic E-state index is 12.6. The van der Waals surface area contributed by atoms with Gasteiger partial charge in [0.2, 0.25) is 0 Å². The molecule has 0 fully saturated rings. The van der Waals surface area contributed by atoms with Gasteiger partial charge >= 0.3 is 0 Å². The minimum atomic E-state index is -0.227. The lowest BCUT2D eigenvalue weighted by Gasteiger charge is -2.15. The summed E-state index contributed by atoms with van der Waals surface area (Å²) in [5.41, 5.74) is 4.14. The van der Waals surface area contributed by atoms with Crippen LogP contribution in [0.2, 0.25) is 0 Å². The summed E-state index contributed by atoms with van der Waals surface area (Å²) in [7, 11) is 0. The van der Waals surface area contributed by atoms with Crippen LogP contribution in [0.25, 0.3) is 5.57 Å². The van der Waals surface area contributed by atoms with Crippen LogP contribution in [-0.4, -0.2) is 11.8 Å². The summed E-state index contributed by atoms with van der Waals surface area (Å²) in [6.07, 6.45) is 2.89. The van der Waals surface area contributed by atoms with Crippen molar-refractivity contribution in [3.63, 3.8) is 0 Å². The molecule has 0 heterocycles. The van der Waals surface area contributed by atoms with Crippen LogP contribution in [0, 0.1) is 0 Å². The number of anilines is 1. The molecule has 1 N–H and O–H groups in total. The standard InChI is InChI=1S/C18H17NO/c1-13(19-15-8-3-2-4-9-15)18(20)17-12-11-14-7-5-6-10-16(14)17/h2-10,12-13,19H,11H2,1H3. The number of hydrogen-bond acceptors (Lipinski definition) is 2. The largest absolute Gasteiger partial charge is 0.375 e. The summed E-state index contributed by atoms with van der Waals surface area (Å²) in [6.45, 7) is 1.91. The van der Waals surface area contributed by atoms with Crippen molar-refractivity contribution in [3.05, 3.63) is 71.8 Å². The number of para-hydroxylation sites is 1. The summed E-state index contributed by atoms with van der Waals surface area (Å²) in [5.74, 6) is 0.152. The molecule has 2 heteroatoms. The summed E-state index contributed by atoms with van der Waals surface area (Å²) in [5, 5.41) is 3.26. The van der Waals surface area contributed by atoms with Crippen molar-refractivity contribution in [2.75, 3.05) is 5.32 Å². The van der Waals surface area contributed by atoms with E-state index in [-0.39, 0.29) is 11.8 Å². The van der Waals surface area contributed by atoms with Gasteiger partial charge in [0.25, 0.3) is 0 Å². The number of ketones is 1. The molecule has 0 saturated carbocycles. The molecule has 0 radical (unpaired) electrons. The van der Waals surface area contributed by atoms with Crippen molar-refractivity contribution in [2.45, 2.75) is 19.4 Å². The van der Waals surface area contributed by atoms with Crippen LogP contribution in [0.3, 0.4) is 0 Å². The van der Waals surface area contributed by atoms with Gasteiger partial charge in [-0.1, -0.05) is 48.5 Å². The molecule has 0 spiro atoms. The lowest BCUT2D eigenvalue weighted by molar-refractivity contribution is -0.114. The number of benzene rings is 2. The fraction of sp³-hybridized carbons (Fsp3) is 0.167. The smallest absolute Gasteiger partial charge is 0.185 e. The van der Waals surface area contributed by atoms with E-state index < -0.39 is 0 Å². The van der Waals surface area contributed by atoms with Gasteiger partial charge in [-0.15, -0.1) is 0 Å². The van der Waals surface area contributed by atoms with Gasteiger partial charge in [0.1, 0.15) is 0 Å². The Balaban J connectivity index is 1.77. The van der Waals surface area contributed by atoms with Crippen molar-refractivity contribution in [2.24, 2.45) is 0 Å². The molecule has 0 bridgehead atoms. The third-order valence-corrected chi connectivity index (χ3v) is 3.65. The molecule has 20 heavy (non-hydrogen) atoms. The van der Waals surface area contributed by atoms with Gasteiger partial charge in [-0.3, -0.25) is 4.79 Å². The number of carbonyl (C=O) groups is 1. The molecule has 0 amide bonds. The Morgan fingerprint density at radius 2 is 1.75 bits per heavy atom. The van der Waals surface area contributed by atoms with E-state index in [2.05, 4.69) is 11.4 Å². The van der Waals surface area contributed by atoms with E-state index in [0.717, 1.165) is 23.2 Å². The third kappa shape index (κ3) is 2.37. The van der Waals surface area contributed by atoms with Crippen LogP contribution >= 0.6 is 0 Å². The molecular formula is C18H17NO. The van der Waals surface area contributed by atoms with E-state index >= 15 is 0 Å². The van der Waals surface area contributed by atoms with Gasteiger partial charge in [0.05, 0.1) is 6.04 Å². The SMILES string of the molecule is CC(Nc1ccccc1)C(=O)C1=CCc2ccccc21. The summed E-state index contributed by atoms with van der Waals surface area (Å²) < 4.78 is 0. The monoisotopic (exact) mass is 263 g/mol. The lowest BCUT2D eigenvalue weighted by Crippen LogP contribution is -2.26. The van der Waals surface area contributed by atoms with Crippen molar-refractivity contribution >= 4 is 17.0 Å². The topological polar surface area (TPSA) is 29.1 Å². The van der Waals surface area contributed by atoms with Crippen LogP contribution in [0.5, 0.6) is 0 Å². The number of carbonyl (C=O) groups excluding carboxylic acids is 1. The molecule has 1 unspecified atom stereocenters. The number of hydrogen-bond donors (Lipinski definition) is 1. The zero-order chi connectivity index (χ0) is 13.9. The molecule has 1 aliphatic carbocycles. The van der Waals surface area contributed by atoms with E-state index in [1.165, 1.54) is 5.56 Å². The Bertz CT molecular complexity index is 658. The summed E-state index contributed by atoms with van der Waals surface area (Å²) in [4.78, 5) is 12.6. The van der Waals surface area contributed by atoms with Gasteiger partial charge in [-0.05, 0) is 36.6 Å². The Morgan fingerprint density at radius 1 is 1.05 bits per heavy atom. The number of rotatable bonds is 4. The van der Waals surface area contributed by atoms with Crippen LogP contribution in [0.1, 0.15) is 18.1 Å². The molecule has 1 aliphatic rings. The van der Waals surface area contributed by atoms with E-state index in [4.69, 9.17) is 0 Å². The van der Waals surface area contributed by atoms with Gasteiger partial charge in [0.15, 0.2) is 5.78 Å². The highest BCUT2D eigenvalue weighted by atomic mass is 16.1. The highest BCUT2D eigenvalue weighted by Gasteiger charge is 2.23. The average molecular weight is 263 g/mol. The second-order valence-electron chi connectivity index (χ2n) is 5.08. The highest BCUT2D eigenvalue weighted by molar-refractivity contribution is 6.25. The number of allylic oxidation sites excluding steroid dienone is 1. The minimum absolute atomic E-state index is 0.152. The van der Waals surface area contributed by atoms with Gasteiger partial charge in [-0.2, -0.15) is 0 Å². The fourth-order valence-electron chi connectivity index (χ4n) is 2.60. The lowest BCUT2D eigenvalue weighted by atomic mass is 9.99. The first-order valence-corrected chi connectivity index (χ1v) is 6.90. The van der Waals surface area contributed by atoms with Crippen LogP contribution < -0.4 is 5.32 Å². The number of Topliss-reactive ketones (excluding diaryl/α,β-unsaturated/α-hetero) is 1. The Morgan fingerprint density at radius 3 is 2.55 bits per heavy atom. The first-order valence-electron chi connectivity index (χ1n) is 6.90. The Hall–Kier alpha value is -2.35. The van der Waals surface area contributed by atoms with E-state index in [9.17, 15) is 4.79 Å². The van der Waals surface area contributed by atoms with E-state index in [1.807, 2.05) is 61.5 Å². The normalized spacial score (nSPS) is 14.3. The van der Waals surface area contributed by atoms with Crippen LogP contribution in [0.15, 0.2) is 60.7 Å². The quantitative estimate of drug-likeness (QED) is 0.911. The average Bonchev–Trinajstić information content (AvgIpc) is 2.91. The molecule has 0 aliphatic heterocycles. The molecule has 100 valence electrons. The second kappa shape index (κ2) is 5.33. The Kier molecular flexibility index (Phi) is 3.38. The van der Waals surface area contributed by atoms with Crippen molar-refractivity contribution in [1.82, 2.24) is 0 Å². The molecule has 2 nitrogen and oxygen atoms in total. The van der Waals surface area contributed by atoms with Crippen molar-refractivity contribution in [3.8, 4) is 0 Å². The fourth-order valence-corrected chi connectivity index (χ4v) is 2.60. The van der Waals surface area contributed by atoms with Gasteiger partial charge in [-0.25, -0.2) is 0 Å². The van der Waals surface area contributed by atoms with E-state index in [1.54, 1.807) is 0 Å². The molecule has 2 aromatic rings. The molecular weight excluding hydrogens is 246 g/mol. The zero-order valence-electron chi connectivity index (χ0n) is 11.5. The zero-order valence-corrected chi connectivity index (χ0v) is 11.5. The Labute approximate surface area is 119 Å². The maximum Gasteiger partial charge on any atom is 0.185 e. The second-order valence-corrected chi connectivity index (χ2v) is 5.08. The first kappa shape index (κ1) is 12.7. The summed E-state index contributed by atoms with van der Waals surface area (Å²) >= 11 is 0. The molecule has 0 saturated heterocycles. The molecule has 3 rings (SSSR count). The molecule has 2 aromatic carbocycles. The van der Waals surface area contributed by atoms with Crippen LogP contribution in [-0.2, 0) is 11.2 Å². The molecule has 0 aromatic heterocycles. The first-order chi connectivity index (χ1) is 9.75. The number of fused-ring (bicyclic) bond motifs is 1. The summed E-state index contributed by atoms with van der Waals surface area (Å²) in [6, 6.07) is 17.7. The van der Waals surface area contributed by atoms with Crippen LogP contribution in [0.4, 0.5) is 5.69 Å². The van der Waals surface area contributed by atoms with Gasteiger partial charge in [0, 0.05) is 11.3 Å². The third-order valence-electron chi connectivity index (χ3n) is 3.65. The predicted molar refractivity (Wildman–Crippen MR) is 82.7 cm³/mol. The minimum Gasteiger partial charge on any atom is -0.375 e. The van der Waals surface area contributed by atoms with E-state index in [0.29, 0.717) is 0 Å². The molecule has 1 atom stereocenters. The number of nitrogens with one attached hydrogen (secondary N) is 1. The van der Waals surface area contributed by atoms with Gasteiger partial charge < -0.3 is 5.32 Å². The van der Waals surface area contributed by atoms with Crippen molar-refractivity contribution < 1.29 is 4.79 Å². The highest BCUT2D eigenvalue weighted by Crippen LogP contribution is 2.28.